The van der Waals surface area contributed by atoms with Crippen LogP contribution in [-0.4, -0.2) is 6.04 Å². The average Bonchev–Trinajstić information content (AvgIpc) is 2.29. The molecule has 0 amide bonds. The van der Waals surface area contributed by atoms with Crippen molar-refractivity contribution in [3.63, 3.8) is 0 Å². The van der Waals surface area contributed by atoms with Crippen molar-refractivity contribution >= 4 is 5.69 Å². The molecule has 1 unspecified atom stereocenters. The van der Waals surface area contributed by atoms with Crippen molar-refractivity contribution in [2.24, 2.45) is 0 Å². The Morgan fingerprint density at radius 3 is 2.87 bits per heavy atom. The number of fused-ring (bicyclic) bond motifs is 1. The highest BCUT2D eigenvalue weighted by Crippen LogP contribution is 2.28. The number of anilines is 1. The maximum absolute atomic E-state index is 3.62. The van der Waals surface area contributed by atoms with Gasteiger partial charge in [0.2, 0.25) is 0 Å². The molecule has 0 saturated heterocycles. The molecule has 0 saturated carbocycles. The maximum Gasteiger partial charge on any atom is 0.0377 e. The number of hydrogen-bond acceptors (Lipinski definition) is 1. The highest BCUT2D eigenvalue weighted by atomic mass is 14.9. The predicted molar refractivity (Wildman–Crippen MR) is 66.5 cm³/mol. The highest BCUT2D eigenvalue weighted by molar-refractivity contribution is 5.56. The van der Waals surface area contributed by atoms with Crippen LogP contribution in [0.5, 0.6) is 0 Å². The number of aryl methyl sites for hydroxylation is 1. The van der Waals surface area contributed by atoms with Gasteiger partial charge in [-0.3, -0.25) is 0 Å². The number of benzene rings is 1. The predicted octanol–water partition coefficient (Wildman–Crippen LogP) is 3.78. The minimum atomic E-state index is 0.582. The van der Waals surface area contributed by atoms with Gasteiger partial charge in [0.25, 0.3) is 0 Å². The third-order valence-electron chi connectivity index (χ3n) is 3.41. The number of hydrogen-bond donors (Lipinski definition) is 1. The molecule has 15 heavy (non-hydrogen) atoms. The van der Waals surface area contributed by atoms with Crippen LogP contribution >= 0.6 is 0 Å². The molecule has 1 nitrogen and oxygen atoms in total. The van der Waals surface area contributed by atoms with Crippen molar-refractivity contribution in [3.05, 3.63) is 29.3 Å². The summed E-state index contributed by atoms with van der Waals surface area (Å²) in [6.45, 7) is 4.48. The van der Waals surface area contributed by atoms with E-state index in [1.807, 2.05) is 0 Å². The molecule has 1 aromatic rings. The number of rotatable bonds is 3. The summed E-state index contributed by atoms with van der Waals surface area (Å²) in [5.74, 6) is 0. The minimum Gasteiger partial charge on any atom is -0.382 e. The largest absolute Gasteiger partial charge is 0.382 e. The van der Waals surface area contributed by atoms with E-state index in [2.05, 4.69) is 37.4 Å². The van der Waals surface area contributed by atoms with E-state index >= 15 is 0 Å². The summed E-state index contributed by atoms with van der Waals surface area (Å²) in [7, 11) is 0. The first kappa shape index (κ1) is 10.5. The van der Waals surface area contributed by atoms with Gasteiger partial charge >= 0.3 is 0 Å². The molecule has 0 spiro atoms. The van der Waals surface area contributed by atoms with Crippen LogP contribution in [0.15, 0.2) is 18.2 Å². The van der Waals surface area contributed by atoms with Crippen molar-refractivity contribution in [1.82, 2.24) is 0 Å². The lowest BCUT2D eigenvalue weighted by Gasteiger charge is -2.22. The molecule has 82 valence electrons. The smallest absolute Gasteiger partial charge is 0.0377 e. The Labute approximate surface area is 92.9 Å². The monoisotopic (exact) mass is 203 g/mol. The molecule has 1 atom stereocenters. The van der Waals surface area contributed by atoms with E-state index in [0.29, 0.717) is 6.04 Å². The van der Waals surface area contributed by atoms with Crippen LogP contribution in [-0.2, 0) is 12.8 Å². The molecule has 0 bridgehead atoms. The van der Waals surface area contributed by atoms with Crippen LogP contribution < -0.4 is 5.32 Å². The Balaban J connectivity index is 2.23. The Bertz CT molecular complexity index is 330. The fraction of sp³-hybridized carbons (Fsp3) is 0.571. The van der Waals surface area contributed by atoms with Gasteiger partial charge in [-0.05, 0) is 56.2 Å². The quantitative estimate of drug-likeness (QED) is 0.788. The van der Waals surface area contributed by atoms with Gasteiger partial charge in [-0.2, -0.15) is 0 Å². The summed E-state index contributed by atoms with van der Waals surface area (Å²) in [6, 6.07) is 7.29. The van der Waals surface area contributed by atoms with E-state index in [1.54, 1.807) is 11.1 Å². The standard InChI is InChI=1S/C14H21N/c1-3-11(2)15-14-10-6-8-12-7-4-5-9-13(12)14/h6,8,10-11,15H,3-5,7,9H2,1-2H3. The molecular weight excluding hydrogens is 182 g/mol. The Morgan fingerprint density at radius 1 is 1.27 bits per heavy atom. The molecule has 1 N–H and O–H groups in total. The van der Waals surface area contributed by atoms with Gasteiger partial charge in [-0.1, -0.05) is 19.1 Å². The van der Waals surface area contributed by atoms with Gasteiger partial charge in [0.15, 0.2) is 0 Å². The summed E-state index contributed by atoms with van der Waals surface area (Å²) in [4.78, 5) is 0. The first-order valence-electron chi connectivity index (χ1n) is 6.18. The zero-order valence-corrected chi connectivity index (χ0v) is 9.84. The summed E-state index contributed by atoms with van der Waals surface area (Å²) in [5, 5.41) is 3.62. The van der Waals surface area contributed by atoms with Crippen molar-refractivity contribution in [2.45, 2.75) is 52.0 Å². The Kier molecular flexibility index (Phi) is 3.30. The minimum absolute atomic E-state index is 0.582. The molecule has 1 heteroatoms. The maximum atomic E-state index is 3.62. The third-order valence-corrected chi connectivity index (χ3v) is 3.41. The SMILES string of the molecule is CCC(C)Nc1cccc2c1CCCC2. The molecule has 1 aliphatic rings. The zero-order valence-electron chi connectivity index (χ0n) is 9.84. The second kappa shape index (κ2) is 4.69. The van der Waals surface area contributed by atoms with Crippen LogP contribution in [0.25, 0.3) is 0 Å². The van der Waals surface area contributed by atoms with E-state index in [-0.39, 0.29) is 0 Å². The van der Waals surface area contributed by atoms with Crippen molar-refractivity contribution in [1.29, 1.82) is 0 Å². The molecule has 0 aliphatic heterocycles. The topological polar surface area (TPSA) is 12.0 Å². The molecular formula is C14H21N. The van der Waals surface area contributed by atoms with Gasteiger partial charge < -0.3 is 5.32 Å². The fourth-order valence-corrected chi connectivity index (χ4v) is 2.28. The van der Waals surface area contributed by atoms with E-state index in [9.17, 15) is 0 Å². The fourth-order valence-electron chi connectivity index (χ4n) is 2.28. The lowest BCUT2D eigenvalue weighted by molar-refractivity contribution is 0.682. The van der Waals surface area contributed by atoms with E-state index in [4.69, 9.17) is 0 Å². The van der Waals surface area contributed by atoms with Crippen LogP contribution in [0, 0.1) is 0 Å². The average molecular weight is 203 g/mol. The first-order chi connectivity index (χ1) is 7.31. The van der Waals surface area contributed by atoms with Crippen LogP contribution in [0.1, 0.15) is 44.2 Å². The normalized spacial score (nSPS) is 16.9. The summed E-state index contributed by atoms with van der Waals surface area (Å²) in [6.07, 6.45) is 6.43. The van der Waals surface area contributed by atoms with Gasteiger partial charge in [0.05, 0.1) is 0 Å². The lowest BCUT2D eigenvalue weighted by Crippen LogP contribution is -2.16. The van der Waals surface area contributed by atoms with Crippen molar-refractivity contribution in [3.8, 4) is 0 Å². The summed E-state index contributed by atoms with van der Waals surface area (Å²) in [5.41, 5.74) is 4.51. The molecule has 0 heterocycles. The van der Waals surface area contributed by atoms with Gasteiger partial charge in [-0.25, -0.2) is 0 Å². The van der Waals surface area contributed by atoms with E-state index in [1.165, 1.54) is 37.8 Å². The second-order valence-corrected chi connectivity index (χ2v) is 4.60. The second-order valence-electron chi connectivity index (χ2n) is 4.60. The molecule has 0 aromatic heterocycles. The van der Waals surface area contributed by atoms with E-state index < -0.39 is 0 Å². The molecule has 1 aliphatic carbocycles. The van der Waals surface area contributed by atoms with Crippen LogP contribution in [0.4, 0.5) is 5.69 Å². The van der Waals surface area contributed by atoms with Crippen LogP contribution in [0.2, 0.25) is 0 Å². The molecule has 1 aromatic carbocycles. The molecule has 0 fully saturated rings. The van der Waals surface area contributed by atoms with Crippen LogP contribution in [0.3, 0.4) is 0 Å². The van der Waals surface area contributed by atoms with E-state index in [0.717, 1.165) is 0 Å². The third kappa shape index (κ3) is 2.34. The number of nitrogens with one attached hydrogen (secondary N) is 1. The lowest BCUT2D eigenvalue weighted by atomic mass is 9.90. The Morgan fingerprint density at radius 2 is 2.07 bits per heavy atom. The molecule has 0 radical (unpaired) electrons. The summed E-state index contributed by atoms with van der Waals surface area (Å²) < 4.78 is 0. The van der Waals surface area contributed by atoms with Gasteiger partial charge in [-0.15, -0.1) is 0 Å². The van der Waals surface area contributed by atoms with Gasteiger partial charge in [0.1, 0.15) is 0 Å². The zero-order chi connectivity index (χ0) is 10.7. The van der Waals surface area contributed by atoms with Crippen molar-refractivity contribution < 1.29 is 0 Å². The summed E-state index contributed by atoms with van der Waals surface area (Å²) >= 11 is 0. The molecule has 2 rings (SSSR count). The Hall–Kier alpha value is -0.980. The van der Waals surface area contributed by atoms with Crippen molar-refractivity contribution in [2.75, 3.05) is 5.32 Å². The first-order valence-corrected chi connectivity index (χ1v) is 6.18. The highest BCUT2D eigenvalue weighted by Gasteiger charge is 2.13. The van der Waals surface area contributed by atoms with Gasteiger partial charge in [0, 0.05) is 11.7 Å².